The number of ether oxygens (including phenoxy) is 3. The number of fused-ring (bicyclic) bond motifs is 1. The SMILES string of the molecule is COc1ccccc1-c1cc(COC(=O)C2COc3ccccc3C2)on1. The van der Waals surface area contributed by atoms with Crippen molar-refractivity contribution in [2.24, 2.45) is 5.92 Å². The van der Waals surface area contributed by atoms with E-state index in [1.54, 1.807) is 13.2 Å². The van der Waals surface area contributed by atoms with Crippen molar-refractivity contribution in [3.05, 3.63) is 65.9 Å². The summed E-state index contributed by atoms with van der Waals surface area (Å²) in [6.07, 6.45) is 0.609. The highest BCUT2D eigenvalue weighted by molar-refractivity contribution is 5.73. The predicted octanol–water partition coefficient (Wildman–Crippen LogP) is 3.64. The lowest BCUT2D eigenvalue weighted by atomic mass is 9.97. The summed E-state index contributed by atoms with van der Waals surface area (Å²) in [5, 5.41) is 4.04. The van der Waals surface area contributed by atoms with Crippen LogP contribution in [0.1, 0.15) is 11.3 Å². The average Bonchev–Trinajstić information content (AvgIpc) is 3.20. The molecule has 6 heteroatoms. The van der Waals surface area contributed by atoms with Crippen LogP contribution < -0.4 is 9.47 Å². The number of carbonyl (C=O) groups is 1. The zero-order valence-electron chi connectivity index (χ0n) is 14.9. The summed E-state index contributed by atoms with van der Waals surface area (Å²) in [5.41, 5.74) is 2.47. The lowest BCUT2D eigenvalue weighted by Gasteiger charge is -2.23. The van der Waals surface area contributed by atoms with Crippen LogP contribution in [-0.4, -0.2) is 24.8 Å². The number of rotatable bonds is 5. The Bertz CT molecular complexity index is 949. The minimum absolute atomic E-state index is 0.0269. The Kier molecular flexibility index (Phi) is 4.78. The van der Waals surface area contributed by atoms with E-state index < -0.39 is 0 Å². The summed E-state index contributed by atoms with van der Waals surface area (Å²) in [4.78, 5) is 12.4. The van der Waals surface area contributed by atoms with Gasteiger partial charge in [0, 0.05) is 11.6 Å². The highest BCUT2D eigenvalue weighted by atomic mass is 16.6. The number of hydrogen-bond donors (Lipinski definition) is 0. The van der Waals surface area contributed by atoms with Gasteiger partial charge in [-0.15, -0.1) is 0 Å². The fourth-order valence-corrected chi connectivity index (χ4v) is 3.10. The van der Waals surface area contributed by atoms with Gasteiger partial charge in [0.05, 0.1) is 13.0 Å². The van der Waals surface area contributed by atoms with E-state index >= 15 is 0 Å². The van der Waals surface area contributed by atoms with Crippen LogP contribution in [0.25, 0.3) is 11.3 Å². The molecule has 0 bridgehead atoms. The van der Waals surface area contributed by atoms with Crippen molar-refractivity contribution in [1.82, 2.24) is 5.16 Å². The van der Waals surface area contributed by atoms with Gasteiger partial charge in [-0.25, -0.2) is 0 Å². The third-order valence-corrected chi connectivity index (χ3v) is 4.51. The van der Waals surface area contributed by atoms with Crippen LogP contribution in [0.4, 0.5) is 0 Å². The van der Waals surface area contributed by atoms with Gasteiger partial charge in [0.15, 0.2) is 12.4 Å². The molecule has 4 rings (SSSR count). The Morgan fingerprint density at radius 1 is 1.19 bits per heavy atom. The summed E-state index contributed by atoms with van der Waals surface area (Å²) in [5.74, 6) is 1.38. The van der Waals surface area contributed by atoms with Crippen LogP contribution in [0, 0.1) is 5.92 Å². The van der Waals surface area contributed by atoms with Crippen molar-refractivity contribution < 1.29 is 23.5 Å². The molecule has 0 spiro atoms. The standard InChI is InChI=1S/C21H19NO5/c1-24-20-9-5-3-7-17(20)18-11-16(27-22-18)13-26-21(23)15-10-14-6-2-4-8-19(14)25-12-15/h2-9,11,15H,10,12-13H2,1H3. The molecule has 0 aliphatic carbocycles. The first-order valence-corrected chi connectivity index (χ1v) is 8.71. The Hall–Kier alpha value is -3.28. The van der Waals surface area contributed by atoms with E-state index in [9.17, 15) is 4.79 Å². The number of benzene rings is 2. The summed E-state index contributed by atoms with van der Waals surface area (Å²) >= 11 is 0. The lowest BCUT2D eigenvalue weighted by molar-refractivity contribution is -0.152. The third kappa shape index (κ3) is 3.65. The van der Waals surface area contributed by atoms with E-state index in [0.29, 0.717) is 30.2 Å². The van der Waals surface area contributed by atoms with E-state index in [2.05, 4.69) is 5.16 Å². The number of hydrogen-bond acceptors (Lipinski definition) is 6. The van der Waals surface area contributed by atoms with Gasteiger partial charge >= 0.3 is 5.97 Å². The molecular weight excluding hydrogens is 346 g/mol. The van der Waals surface area contributed by atoms with Crippen LogP contribution in [0.15, 0.2) is 59.1 Å². The summed E-state index contributed by atoms with van der Waals surface area (Å²) < 4.78 is 21.7. The molecule has 6 nitrogen and oxygen atoms in total. The van der Waals surface area contributed by atoms with E-state index in [1.807, 2.05) is 48.5 Å². The normalized spacial score (nSPS) is 15.5. The van der Waals surface area contributed by atoms with Gasteiger partial charge in [-0.3, -0.25) is 4.79 Å². The second-order valence-electron chi connectivity index (χ2n) is 6.31. The maximum Gasteiger partial charge on any atom is 0.313 e. The highest BCUT2D eigenvalue weighted by Gasteiger charge is 2.27. The molecule has 1 aromatic heterocycles. The molecule has 1 aliphatic rings. The van der Waals surface area contributed by atoms with Crippen LogP contribution in [0.2, 0.25) is 0 Å². The smallest absolute Gasteiger partial charge is 0.313 e. The second kappa shape index (κ2) is 7.53. The number of carbonyl (C=O) groups excluding carboxylic acids is 1. The van der Waals surface area contributed by atoms with Crippen molar-refractivity contribution in [3.8, 4) is 22.8 Å². The van der Waals surface area contributed by atoms with Crippen molar-refractivity contribution in [1.29, 1.82) is 0 Å². The van der Waals surface area contributed by atoms with Gasteiger partial charge in [-0.05, 0) is 30.2 Å². The minimum atomic E-state index is -0.323. The molecule has 0 saturated carbocycles. The van der Waals surface area contributed by atoms with E-state index in [1.165, 1.54) is 0 Å². The monoisotopic (exact) mass is 365 g/mol. The molecule has 2 aromatic carbocycles. The van der Waals surface area contributed by atoms with Crippen LogP contribution in [0.5, 0.6) is 11.5 Å². The largest absolute Gasteiger partial charge is 0.496 e. The molecule has 1 unspecified atom stereocenters. The van der Waals surface area contributed by atoms with Gasteiger partial charge in [0.2, 0.25) is 0 Å². The Morgan fingerprint density at radius 2 is 2.00 bits per heavy atom. The van der Waals surface area contributed by atoms with Gasteiger partial charge in [-0.1, -0.05) is 35.5 Å². The molecule has 0 amide bonds. The quantitative estimate of drug-likeness (QED) is 0.643. The summed E-state index contributed by atoms with van der Waals surface area (Å²) in [6.45, 7) is 0.345. The second-order valence-corrected chi connectivity index (χ2v) is 6.31. The van der Waals surface area contributed by atoms with Crippen LogP contribution in [-0.2, 0) is 22.6 Å². The van der Waals surface area contributed by atoms with Crippen molar-refractivity contribution in [2.75, 3.05) is 13.7 Å². The van der Waals surface area contributed by atoms with E-state index in [0.717, 1.165) is 16.9 Å². The molecule has 0 radical (unpaired) electrons. The molecule has 1 atom stereocenters. The number of nitrogens with zero attached hydrogens (tertiary/aromatic N) is 1. The van der Waals surface area contributed by atoms with Gasteiger partial charge in [-0.2, -0.15) is 0 Å². The number of aromatic nitrogens is 1. The summed E-state index contributed by atoms with van der Waals surface area (Å²) in [7, 11) is 1.60. The molecule has 0 fully saturated rings. The number of methoxy groups -OCH3 is 1. The maximum absolute atomic E-state index is 12.4. The first-order chi connectivity index (χ1) is 13.2. The number of esters is 1. The van der Waals surface area contributed by atoms with Crippen molar-refractivity contribution in [2.45, 2.75) is 13.0 Å². The molecule has 0 saturated heterocycles. The van der Waals surface area contributed by atoms with Gasteiger partial charge in [0.1, 0.15) is 23.8 Å². The number of para-hydroxylation sites is 2. The molecular formula is C21H19NO5. The molecule has 138 valence electrons. The van der Waals surface area contributed by atoms with Crippen molar-refractivity contribution >= 4 is 5.97 Å². The molecule has 2 heterocycles. The Labute approximate surface area is 156 Å². The van der Waals surface area contributed by atoms with Crippen molar-refractivity contribution in [3.63, 3.8) is 0 Å². The maximum atomic E-state index is 12.4. The van der Waals surface area contributed by atoms with Gasteiger partial charge in [0.25, 0.3) is 0 Å². The molecule has 27 heavy (non-hydrogen) atoms. The zero-order valence-corrected chi connectivity index (χ0v) is 14.9. The van der Waals surface area contributed by atoms with E-state index in [-0.39, 0.29) is 18.5 Å². The first-order valence-electron chi connectivity index (χ1n) is 8.71. The first kappa shape index (κ1) is 17.1. The Balaban J connectivity index is 1.38. The van der Waals surface area contributed by atoms with Gasteiger partial charge < -0.3 is 18.7 Å². The predicted molar refractivity (Wildman–Crippen MR) is 97.4 cm³/mol. The highest BCUT2D eigenvalue weighted by Crippen LogP contribution is 2.30. The topological polar surface area (TPSA) is 70.8 Å². The van der Waals surface area contributed by atoms with Crippen LogP contribution in [0.3, 0.4) is 0 Å². The molecule has 0 N–H and O–H groups in total. The fraction of sp³-hybridized carbons (Fsp3) is 0.238. The fourth-order valence-electron chi connectivity index (χ4n) is 3.10. The minimum Gasteiger partial charge on any atom is -0.496 e. The molecule has 3 aromatic rings. The zero-order chi connectivity index (χ0) is 18.6. The summed E-state index contributed by atoms with van der Waals surface area (Å²) in [6, 6.07) is 17.0. The Morgan fingerprint density at radius 3 is 2.89 bits per heavy atom. The third-order valence-electron chi connectivity index (χ3n) is 4.51. The molecule has 1 aliphatic heterocycles. The lowest BCUT2D eigenvalue weighted by Crippen LogP contribution is -2.29. The van der Waals surface area contributed by atoms with E-state index in [4.69, 9.17) is 18.7 Å². The average molecular weight is 365 g/mol. The van der Waals surface area contributed by atoms with Crippen LogP contribution >= 0.6 is 0 Å².